The van der Waals surface area contributed by atoms with E-state index in [4.69, 9.17) is 5.73 Å². The van der Waals surface area contributed by atoms with Gasteiger partial charge in [-0.15, -0.1) is 0 Å². The van der Waals surface area contributed by atoms with Crippen LogP contribution in [0.2, 0.25) is 0 Å². The van der Waals surface area contributed by atoms with E-state index in [9.17, 15) is 8.42 Å². The number of nitrogens with two attached hydrogens (primary N) is 1. The van der Waals surface area contributed by atoms with Crippen LogP contribution in [0.15, 0.2) is 33.6 Å². The van der Waals surface area contributed by atoms with Crippen LogP contribution in [-0.4, -0.2) is 20.5 Å². The fourth-order valence-electron chi connectivity index (χ4n) is 2.07. The lowest BCUT2D eigenvalue weighted by Crippen LogP contribution is -2.34. The van der Waals surface area contributed by atoms with Gasteiger partial charge >= 0.3 is 0 Å². The highest BCUT2D eigenvalue weighted by Gasteiger charge is 2.27. The summed E-state index contributed by atoms with van der Waals surface area (Å²) in [6.07, 6.45) is 2.40. The second-order valence-corrected chi connectivity index (χ2v) is 6.86. The van der Waals surface area contributed by atoms with Crippen LogP contribution in [0.3, 0.4) is 0 Å². The lowest BCUT2D eigenvalue weighted by atomic mass is 10.2. The molecule has 0 bridgehead atoms. The van der Waals surface area contributed by atoms with E-state index in [0.29, 0.717) is 10.9 Å². The molecule has 1 aromatic rings. The van der Waals surface area contributed by atoms with Crippen molar-refractivity contribution in [1.29, 1.82) is 0 Å². The van der Waals surface area contributed by atoms with Gasteiger partial charge in [0.1, 0.15) is 0 Å². The summed E-state index contributed by atoms with van der Waals surface area (Å²) in [5.41, 5.74) is 5.77. The minimum absolute atomic E-state index is 0.0397. The molecule has 3 N–H and O–H groups in total. The van der Waals surface area contributed by atoms with Crippen molar-refractivity contribution in [3.05, 3.63) is 28.7 Å². The molecule has 17 heavy (non-hydrogen) atoms. The summed E-state index contributed by atoms with van der Waals surface area (Å²) >= 11 is 3.25. The normalized spacial score (nSPS) is 25.1. The minimum Gasteiger partial charge on any atom is -0.328 e. The van der Waals surface area contributed by atoms with Gasteiger partial charge in [-0.25, -0.2) is 13.1 Å². The standard InChI is InChI=1S/C11H15BrN2O2S/c12-10-3-1-2-4-11(10)17(15,16)14-9-6-5-8(13)7-9/h1-4,8-9,14H,5-7,13H2. The molecule has 0 aromatic heterocycles. The molecule has 0 amide bonds. The highest BCUT2D eigenvalue weighted by atomic mass is 79.9. The Balaban J connectivity index is 2.17. The van der Waals surface area contributed by atoms with Crippen LogP contribution in [-0.2, 0) is 10.0 Å². The van der Waals surface area contributed by atoms with Crippen molar-refractivity contribution in [1.82, 2.24) is 4.72 Å². The van der Waals surface area contributed by atoms with Gasteiger partial charge in [0.15, 0.2) is 0 Å². The molecule has 2 unspecified atom stereocenters. The number of halogens is 1. The molecule has 6 heteroatoms. The zero-order valence-corrected chi connectivity index (χ0v) is 11.7. The van der Waals surface area contributed by atoms with E-state index in [1.165, 1.54) is 0 Å². The molecule has 1 aliphatic rings. The Bertz CT molecular complexity index is 504. The molecule has 4 nitrogen and oxygen atoms in total. The van der Waals surface area contributed by atoms with Gasteiger partial charge in [0, 0.05) is 16.6 Å². The fraction of sp³-hybridized carbons (Fsp3) is 0.455. The highest BCUT2D eigenvalue weighted by molar-refractivity contribution is 9.10. The van der Waals surface area contributed by atoms with E-state index in [0.717, 1.165) is 12.8 Å². The first-order valence-electron chi connectivity index (χ1n) is 5.51. The third kappa shape index (κ3) is 3.07. The van der Waals surface area contributed by atoms with Gasteiger partial charge in [-0.1, -0.05) is 12.1 Å². The van der Waals surface area contributed by atoms with Crippen LogP contribution >= 0.6 is 15.9 Å². The van der Waals surface area contributed by atoms with Crippen LogP contribution in [0.5, 0.6) is 0 Å². The van der Waals surface area contributed by atoms with E-state index >= 15 is 0 Å². The lowest BCUT2D eigenvalue weighted by Gasteiger charge is -2.13. The largest absolute Gasteiger partial charge is 0.328 e. The third-order valence-electron chi connectivity index (χ3n) is 2.92. The molecule has 0 saturated heterocycles. The maximum absolute atomic E-state index is 12.1. The van der Waals surface area contributed by atoms with Crippen molar-refractivity contribution in [3.63, 3.8) is 0 Å². The van der Waals surface area contributed by atoms with Gasteiger partial charge in [0.25, 0.3) is 0 Å². The Hall–Kier alpha value is -0.430. The van der Waals surface area contributed by atoms with E-state index in [1.807, 2.05) is 0 Å². The second-order valence-electron chi connectivity index (χ2n) is 4.32. The quantitative estimate of drug-likeness (QED) is 0.889. The monoisotopic (exact) mass is 318 g/mol. The van der Waals surface area contributed by atoms with E-state index < -0.39 is 10.0 Å². The number of benzene rings is 1. The molecule has 0 spiro atoms. The first-order valence-corrected chi connectivity index (χ1v) is 7.79. The summed E-state index contributed by atoms with van der Waals surface area (Å²) in [7, 11) is -3.45. The number of hydrogen-bond acceptors (Lipinski definition) is 3. The molecule has 0 heterocycles. The van der Waals surface area contributed by atoms with Gasteiger partial charge in [0.05, 0.1) is 4.90 Å². The summed E-state index contributed by atoms with van der Waals surface area (Å²) in [5.74, 6) is 0. The molecule has 0 aliphatic heterocycles. The SMILES string of the molecule is NC1CCC(NS(=O)(=O)c2ccccc2Br)C1. The summed E-state index contributed by atoms with van der Waals surface area (Å²) < 4.78 is 27.6. The predicted octanol–water partition coefficient (Wildman–Crippen LogP) is 1.61. The highest BCUT2D eigenvalue weighted by Crippen LogP contribution is 2.24. The van der Waals surface area contributed by atoms with Gasteiger partial charge in [-0.2, -0.15) is 0 Å². The third-order valence-corrected chi connectivity index (χ3v) is 5.45. The Kier molecular flexibility index (Phi) is 3.87. The first-order chi connectivity index (χ1) is 7.99. The zero-order valence-electron chi connectivity index (χ0n) is 9.27. The second kappa shape index (κ2) is 5.06. The van der Waals surface area contributed by atoms with Crippen molar-refractivity contribution in [3.8, 4) is 0 Å². The Labute approximate surface area is 110 Å². The minimum atomic E-state index is -3.45. The van der Waals surface area contributed by atoms with Crippen LogP contribution < -0.4 is 10.5 Å². The number of sulfonamides is 1. The molecular formula is C11H15BrN2O2S. The summed E-state index contributed by atoms with van der Waals surface area (Å²) in [6, 6.07) is 6.87. The predicted molar refractivity (Wildman–Crippen MR) is 70.1 cm³/mol. The molecule has 94 valence electrons. The number of rotatable bonds is 3. The smallest absolute Gasteiger partial charge is 0.241 e. The topological polar surface area (TPSA) is 72.2 Å². The first kappa shape index (κ1) is 13.0. The number of nitrogens with one attached hydrogen (secondary N) is 1. The number of hydrogen-bond donors (Lipinski definition) is 2. The van der Waals surface area contributed by atoms with E-state index in [2.05, 4.69) is 20.7 Å². The van der Waals surface area contributed by atoms with Gasteiger partial charge < -0.3 is 5.73 Å². The zero-order chi connectivity index (χ0) is 12.5. The van der Waals surface area contributed by atoms with Crippen molar-refractivity contribution in [2.45, 2.75) is 36.2 Å². The fourth-order valence-corrected chi connectivity index (χ4v) is 4.36. The Morgan fingerprint density at radius 2 is 2.00 bits per heavy atom. The van der Waals surface area contributed by atoms with Crippen LogP contribution in [0, 0.1) is 0 Å². The van der Waals surface area contributed by atoms with Gasteiger partial charge in [-0.3, -0.25) is 0 Å². The molecule has 2 rings (SSSR count). The molecule has 1 aromatic carbocycles. The average molecular weight is 319 g/mol. The van der Waals surface area contributed by atoms with Crippen molar-refractivity contribution < 1.29 is 8.42 Å². The summed E-state index contributed by atoms with van der Waals surface area (Å²) in [4.78, 5) is 0.278. The maximum Gasteiger partial charge on any atom is 0.241 e. The van der Waals surface area contributed by atoms with Crippen molar-refractivity contribution in [2.75, 3.05) is 0 Å². The van der Waals surface area contributed by atoms with Crippen molar-refractivity contribution in [2.24, 2.45) is 5.73 Å². The average Bonchev–Trinajstić information content (AvgIpc) is 2.63. The molecule has 1 fully saturated rings. The lowest BCUT2D eigenvalue weighted by molar-refractivity contribution is 0.548. The van der Waals surface area contributed by atoms with E-state index in [-0.39, 0.29) is 17.0 Å². The summed E-state index contributed by atoms with van der Waals surface area (Å²) in [5, 5.41) is 0. The van der Waals surface area contributed by atoms with Gasteiger partial charge in [0.2, 0.25) is 10.0 Å². The maximum atomic E-state index is 12.1. The molecule has 0 radical (unpaired) electrons. The van der Waals surface area contributed by atoms with Crippen LogP contribution in [0.25, 0.3) is 0 Å². The molecule has 1 saturated carbocycles. The molecular weight excluding hydrogens is 304 g/mol. The Morgan fingerprint density at radius 1 is 1.29 bits per heavy atom. The Morgan fingerprint density at radius 3 is 2.59 bits per heavy atom. The van der Waals surface area contributed by atoms with Crippen molar-refractivity contribution >= 4 is 26.0 Å². The van der Waals surface area contributed by atoms with Crippen LogP contribution in [0.4, 0.5) is 0 Å². The van der Waals surface area contributed by atoms with E-state index in [1.54, 1.807) is 24.3 Å². The van der Waals surface area contributed by atoms with Gasteiger partial charge in [-0.05, 0) is 47.3 Å². The van der Waals surface area contributed by atoms with Crippen LogP contribution in [0.1, 0.15) is 19.3 Å². The molecule has 1 aliphatic carbocycles. The molecule has 2 atom stereocenters. The summed E-state index contributed by atoms with van der Waals surface area (Å²) in [6.45, 7) is 0.